The highest BCUT2D eigenvalue weighted by Crippen LogP contribution is 2.36. The molecule has 1 aliphatic carbocycles. The zero-order valence-electron chi connectivity index (χ0n) is 21.1. The number of hydrogen-bond acceptors (Lipinski definition) is 6. The van der Waals surface area contributed by atoms with E-state index in [1.807, 2.05) is 48.5 Å². The van der Waals surface area contributed by atoms with Gasteiger partial charge in [-0.2, -0.15) is 0 Å². The van der Waals surface area contributed by atoms with E-state index in [-0.39, 0.29) is 5.25 Å². The fourth-order valence-corrected chi connectivity index (χ4v) is 6.02. The summed E-state index contributed by atoms with van der Waals surface area (Å²) < 4.78 is 37.7. The van der Waals surface area contributed by atoms with Crippen LogP contribution < -0.4 is 10.5 Å². The topological polar surface area (TPSA) is 101 Å². The largest absolute Gasteiger partial charge is 0.489 e. The smallest absolute Gasteiger partial charge is 0.292 e. The first-order valence-electron chi connectivity index (χ1n) is 12.3. The Hall–Kier alpha value is -3.62. The van der Waals surface area contributed by atoms with Crippen LogP contribution in [0.4, 0.5) is 0 Å². The van der Waals surface area contributed by atoms with Gasteiger partial charge in [-0.15, -0.1) is 0 Å². The van der Waals surface area contributed by atoms with Crippen LogP contribution in [0.1, 0.15) is 36.5 Å². The molecule has 0 unspecified atom stereocenters. The number of carbonyl (C=O) groups excluding carboxylic acids is 1. The van der Waals surface area contributed by atoms with Gasteiger partial charge in [0.25, 0.3) is 6.47 Å². The van der Waals surface area contributed by atoms with Crippen molar-refractivity contribution in [1.29, 1.82) is 0 Å². The van der Waals surface area contributed by atoms with E-state index in [1.165, 1.54) is 11.1 Å². The monoisotopic (exact) mass is 520 g/mol. The molecule has 0 radical (unpaired) electrons. The number of aryl methyl sites for hydroxylation is 1. The van der Waals surface area contributed by atoms with Gasteiger partial charge in [-0.3, -0.25) is 4.79 Å². The minimum Gasteiger partial charge on any atom is -0.489 e. The predicted molar refractivity (Wildman–Crippen MR) is 146 cm³/mol. The molecule has 194 valence electrons. The molecule has 2 N–H and O–H groups in total. The summed E-state index contributed by atoms with van der Waals surface area (Å²) in [4.78, 5) is 8.95. The molecule has 0 saturated heterocycles. The van der Waals surface area contributed by atoms with E-state index in [1.54, 1.807) is 6.20 Å². The predicted octanol–water partition coefficient (Wildman–Crippen LogP) is 5.04. The highest BCUT2D eigenvalue weighted by Gasteiger charge is 2.37. The molecule has 0 amide bonds. The van der Waals surface area contributed by atoms with Crippen LogP contribution in [0.25, 0.3) is 22.0 Å². The van der Waals surface area contributed by atoms with E-state index in [0.29, 0.717) is 25.1 Å². The molecule has 0 atom stereocenters. The number of nitrogens with zero attached hydrogens (tertiary/aromatic N) is 1. The number of hydrogen-bond donors (Lipinski definition) is 1. The molecule has 5 rings (SSSR count). The SMILES string of the molecule is CCc1ccccc1OCc1cc(-c2cccc(CN)c2)c2ccn(S(=O)(=O)C3CC3)c2c1.COC=O. The quantitative estimate of drug-likeness (QED) is 0.311. The second-order valence-electron chi connectivity index (χ2n) is 8.92. The fourth-order valence-electron chi connectivity index (χ4n) is 4.31. The van der Waals surface area contributed by atoms with Crippen molar-refractivity contribution in [1.82, 2.24) is 3.97 Å². The summed E-state index contributed by atoms with van der Waals surface area (Å²) in [6, 6.07) is 22.1. The number of ether oxygens (including phenoxy) is 2. The van der Waals surface area contributed by atoms with Crippen molar-refractivity contribution in [2.75, 3.05) is 7.11 Å². The fraction of sp³-hybridized carbons (Fsp3) is 0.276. The molecule has 0 bridgehead atoms. The average Bonchev–Trinajstić information content (AvgIpc) is 3.71. The second kappa shape index (κ2) is 11.6. The summed E-state index contributed by atoms with van der Waals surface area (Å²) in [6.45, 7) is 3.28. The molecule has 4 aromatic rings. The van der Waals surface area contributed by atoms with Crippen molar-refractivity contribution >= 4 is 27.4 Å². The van der Waals surface area contributed by atoms with Crippen molar-refractivity contribution in [2.45, 2.75) is 44.6 Å². The Bertz CT molecular complexity index is 1490. The maximum atomic E-state index is 13.1. The van der Waals surface area contributed by atoms with Crippen LogP contribution >= 0.6 is 0 Å². The maximum Gasteiger partial charge on any atom is 0.292 e. The maximum absolute atomic E-state index is 13.1. The van der Waals surface area contributed by atoms with Crippen molar-refractivity contribution in [3.63, 3.8) is 0 Å². The number of aromatic nitrogens is 1. The Balaban J connectivity index is 0.000000747. The van der Waals surface area contributed by atoms with Crippen LogP contribution in [-0.2, 0) is 39.1 Å². The highest BCUT2D eigenvalue weighted by atomic mass is 32.2. The van der Waals surface area contributed by atoms with Gasteiger partial charge in [0.1, 0.15) is 12.4 Å². The molecule has 3 aromatic carbocycles. The molecular formula is C29H32N2O5S. The van der Waals surface area contributed by atoms with Crippen LogP contribution in [0, 0.1) is 0 Å². The normalized spacial score (nSPS) is 13.1. The number of methoxy groups -OCH3 is 1. The lowest BCUT2D eigenvalue weighted by Crippen LogP contribution is -2.16. The molecule has 1 fully saturated rings. The number of benzene rings is 3. The van der Waals surface area contributed by atoms with Crippen LogP contribution in [0.5, 0.6) is 5.75 Å². The summed E-state index contributed by atoms with van der Waals surface area (Å²) in [6.07, 6.45) is 4.02. The lowest BCUT2D eigenvalue weighted by Gasteiger charge is -2.14. The Morgan fingerprint density at radius 2 is 1.78 bits per heavy atom. The van der Waals surface area contributed by atoms with Crippen LogP contribution in [0.2, 0.25) is 0 Å². The van der Waals surface area contributed by atoms with Gasteiger partial charge in [-0.25, -0.2) is 12.4 Å². The van der Waals surface area contributed by atoms with E-state index in [9.17, 15) is 8.42 Å². The second-order valence-corrected chi connectivity index (χ2v) is 11.0. The molecule has 1 heterocycles. The summed E-state index contributed by atoms with van der Waals surface area (Å²) in [5.74, 6) is 0.854. The van der Waals surface area contributed by atoms with E-state index < -0.39 is 10.0 Å². The van der Waals surface area contributed by atoms with E-state index in [4.69, 9.17) is 15.3 Å². The number of rotatable bonds is 9. The summed E-state index contributed by atoms with van der Waals surface area (Å²) in [7, 11) is -2.09. The molecule has 1 saturated carbocycles. The molecule has 8 heteroatoms. The molecular weight excluding hydrogens is 488 g/mol. The van der Waals surface area contributed by atoms with Crippen molar-refractivity contribution in [2.24, 2.45) is 5.73 Å². The molecule has 0 spiro atoms. The molecule has 1 aliphatic rings. The molecule has 7 nitrogen and oxygen atoms in total. The molecule has 37 heavy (non-hydrogen) atoms. The lowest BCUT2D eigenvalue weighted by atomic mass is 9.97. The number of nitrogens with two attached hydrogens (primary N) is 1. The summed E-state index contributed by atoms with van der Waals surface area (Å²) in [5.41, 5.74) is 11.7. The van der Waals surface area contributed by atoms with Gasteiger partial charge in [0.05, 0.1) is 17.9 Å². The minimum absolute atomic E-state index is 0.284. The Kier molecular flexibility index (Phi) is 8.31. The van der Waals surface area contributed by atoms with E-state index in [0.717, 1.165) is 58.2 Å². The third-order valence-corrected chi connectivity index (χ3v) is 8.55. The Labute approximate surface area is 217 Å². The minimum atomic E-state index is -3.40. The van der Waals surface area contributed by atoms with Gasteiger partial charge in [0.2, 0.25) is 10.0 Å². The standard InChI is InChI=1S/C27H28N2O3S.C2H4O2/c1-2-21-7-3-4-9-27(21)32-18-20-15-25(22-8-5-6-19(14-22)17-28)24-12-13-29(26(24)16-20)33(30,31)23-10-11-23;1-4-2-3/h3-9,12-16,23H,2,10-11,17-18,28H2,1H3;2H,1H3. The summed E-state index contributed by atoms with van der Waals surface area (Å²) >= 11 is 0. The zero-order chi connectivity index (χ0) is 26.4. The van der Waals surface area contributed by atoms with Gasteiger partial charge in [0.15, 0.2) is 0 Å². The van der Waals surface area contributed by atoms with Crippen molar-refractivity contribution < 1.29 is 22.7 Å². The summed E-state index contributed by atoms with van der Waals surface area (Å²) in [5, 5.41) is 0.625. The van der Waals surface area contributed by atoms with Crippen molar-refractivity contribution in [3.8, 4) is 16.9 Å². The van der Waals surface area contributed by atoms with Crippen molar-refractivity contribution in [3.05, 3.63) is 89.6 Å². The third kappa shape index (κ3) is 5.87. The van der Waals surface area contributed by atoms with Crippen LogP contribution in [0.3, 0.4) is 0 Å². The Morgan fingerprint density at radius 3 is 2.46 bits per heavy atom. The first-order valence-corrected chi connectivity index (χ1v) is 13.8. The van der Waals surface area contributed by atoms with Gasteiger partial charge in [0, 0.05) is 18.1 Å². The van der Waals surface area contributed by atoms with E-state index >= 15 is 0 Å². The lowest BCUT2D eigenvalue weighted by molar-refractivity contribution is -0.126. The van der Waals surface area contributed by atoms with Gasteiger partial charge in [-0.05, 0) is 77.4 Å². The number of para-hydroxylation sites is 1. The highest BCUT2D eigenvalue weighted by molar-refractivity contribution is 7.91. The molecule has 1 aromatic heterocycles. The average molecular weight is 521 g/mol. The van der Waals surface area contributed by atoms with Gasteiger partial charge >= 0.3 is 0 Å². The van der Waals surface area contributed by atoms with E-state index in [2.05, 4.69) is 29.9 Å². The third-order valence-electron chi connectivity index (χ3n) is 6.37. The first-order chi connectivity index (χ1) is 17.9. The molecule has 0 aliphatic heterocycles. The number of carbonyl (C=O) groups is 1. The van der Waals surface area contributed by atoms with Crippen LogP contribution in [-0.4, -0.2) is 31.2 Å². The van der Waals surface area contributed by atoms with Gasteiger partial charge < -0.3 is 15.2 Å². The zero-order valence-corrected chi connectivity index (χ0v) is 21.9. The van der Waals surface area contributed by atoms with Crippen LogP contribution in [0.15, 0.2) is 72.9 Å². The Morgan fingerprint density at radius 1 is 1.03 bits per heavy atom. The van der Waals surface area contributed by atoms with Gasteiger partial charge in [-0.1, -0.05) is 43.3 Å². The first kappa shape index (κ1) is 26.4. The number of fused-ring (bicyclic) bond motifs is 1.